The van der Waals surface area contributed by atoms with Crippen LogP contribution in [0.3, 0.4) is 0 Å². The summed E-state index contributed by atoms with van der Waals surface area (Å²) >= 11 is 6.15. The van der Waals surface area contributed by atoms with Gasteiger partial charge in [0.25, 0.3) is 0 Å². The molecule has 0 spiro atoms. The zero-order chi connectivity index (χ0) is 19.5. The van der Waals surface area contributed by atoms with E-state index in [0.29, 0.717) is 18.0 Å². The topological polar surface area (TPSA) is 46.5 Å². The minimum absolute atomic E-state index is 0.0858. The fourth-order valence-corrected chi connectivity index (χ4v) is 4.03. The lowest BCUT2D eigenvalue weighted by Gasteiger charge is -2.21. The number of rotatable bonds is 6. The number of benzene rings is 2. The van der Waals surface area contributed by atoms with Crippen LogP contribution >= 0.6 is 11.6 Å². The summed E-state index contributed by atoms with van der Waals surface area (Å²) in [5.74, 6) is 0.888. The lowest BCUT2D eigenvalue weighted by Crippen LogP contribution is -2.37. The van der Waals surface area contributed by atoms with Gasteiger partial charge in [-0.1, -0.05) is 29.8 Å². The molecular formula is C22H24ClN3O2. The Morgan fingerprint density at radius 1 is 1.25 bits per heavy atom. The highest BCUT2D eigenvalue weighted by atomic mass is 35.5. The summed E-state index contributed by atoms with van der Waals surface area (Å²) in [5, 5.41) is 5.05. The maximum absolute atomic E-state index is 12.5. The van der Waals surface area contributed by atoms with E-state index < -0.39 is 0 Å². The molecule has 1 aliphatic rings. The molecule has 1 fully saturated rings. The van der Waals surface area contributed by atoms with Gasteiger partial charge in [0.15, 0.2) is 0 Å². The molecule has 0 aliphatic carbocycles. The van der Waals surface area contributed by atoms with Crippen molar-refractivity contribution in [2.75, 3.05) is 25.1 Å². The number of amides is 1. The molecule has 1 amide bonds. The summed E-state index contributed by atoms with van der Waals surface area (Å²) in [7, 11) is 1.66. The highest BCUT2D eigenvalue weighted by Crippen LogP contribution is 2.33. The number of carbonyl (C=O) groups is 1. The van der Waals surface area contributed by atoms with Crippen LogP contribution in [0.2, 0.25) is 5.02 Å². The van der Waals surface area contributed by atoms with Crippen molar-refractivity contribution in [3.05, 3.63) is 59.8 Å². The third kappa shape index (κ3) is 3.94. The van der Waals surface area contributed by atoms with Crippen molar-refractivity contribution in [2.45, 2.75) is 25.4 Å². The lowest BCUT2D eigenvalue weighted by molar-refractivity contribution is -0.121. The first-order valence-corrected chi connectivity index (χ1v) is 9.93. The molecule has 1 aromatic heterocycles. The predicted molar refractivity (Wildman–Crippen MR) is 113 cm³/mol. The second-order valence-electron chi connectivity index (χ2n) is 7.13. The Hall–Kier alpha value is -2.66. The highest BCUT2D eigenvalue weighted by Gasteiger charge is 2.26. The van der Waals surface area contributed by atoms with Crippen LogP contribution in [-0.4, -0.2) is 36.7 Å². The molecule has 1 saturated heterocycles. The van der Waals surface area contributed by atoms with E-state index in [-0.39, 0.29) is 11.9 Å². The summed E-state index contributed by atoms with van der Waals surface area (Å²) in [6, 6.07) is 16.1. The largest absolute Gasteiger partial charge is 0.495 e. The molecule has 0 saturated carbocycles. The molecule has 5 nitrogen and oxygen atoms in total. The number of carbonyl (C=O) groups excluding carboxylic acids is 1. The van der Waals surface area contributed by atoms with Crippen molar-refractivity contribution in [3.8, 4) is 5.75 Å². The SMILES string of the molecule is COc1ccc(Cl)cc1N1CCC(NC(=O)CCn2ccc3ccccc32)C1. The molecule has 2 aromatic carbocycles. The molecular weight excluding hydrogens is 374 g/mol. The monoisotopic (exact) mass is 397 g/mol. The van der Waals surface area contributed by atoms with Crippen molar-refractivity contribution in [2.24, 2.45) is 0 Å². The maximum atomic E-state index is 12.5. The maximum Gasteiger partial charge on any atom is 0.222 e. The van der Waals surface area contributed by atoms with E-state index in [1.165, 1.54) is 5.39 Å². The molecule has 0 radical (unpaired) electrons. The van der Waals surface area contributed by atoms with Crippen molar-refractivity contribution in [1.82, 2.24) is 9.88 Å². The van der Waals surface area contributed by atoms with Crippen LogP contribution in [-0.2, 0) is 11.3 Å². The number of hydrogen-bond acceptors (Lipinski definition) is 3. The van der Waals surface area contributed by atoms with Gasteiger partial charge in [0.1, 0.15) is 5.75 Å². The van der Waals surface area contributed by atoms with Crippen LogP contribution in [0.4, 0.5) is 5.69 Å². The molecule has 0 bridgehead atoms. The normalized spacial score (nSPS) is 16.5. The number of aryl methyl sites for hydroxylation is 1. The molecule has 1 N–H and O–H groups in total. The Morgan fingerprint density at radius 2 is 2.11 bits per heavy atom. The molecule has 1 unspecified atom stereocenters. The minimum atomic E-state index is 0.0858. The average molecular weight is 398 g/mol. The quantitative estimate of drug-likeness (QED) is 0.681. The number of aromatic nitrogens is 1. The number of para-hydroxylation sites is 1. The minimum Gasteiger partial charge on any atom is -0.495 e. The van der Waals surface area contributed by atoms with Crippen molar-refractivity contribution in [1.29, 1.82) is 0 Å². The Morgan fingerprint density at radius 3 is 2.96 bits per heavy atom. The Bertz CT molecular complexity index is 985. The summed E-state index contributed by atoms with van der Waals surface area (Å²) in [4.78, 5) is 14.7. The second kappa shape index (κ2) is 8.15. The van der Waals surface area contributed by atoms with Crippen LogP contribution in [0, 0.1) is 0 Å². The van der Waals surface area contributed by atoms with Crippen molar-refractivity contribution in [3.63, 3.8) is 0 Å². The van der Waals surface area contributed by atoms with Gasteiger partial charge in [0.2, 0.25) is 5.91 Å². The average Bonchev–Trinajstić information content (AvgIpc) is 3.33. The fourth-order valence-electron chi connectivity index (χ4n) is 3.86. The third-order valence-electron chi connectivity index (χ3n) is 5.29. The smallest absolute Gasteiger partial charge is 0.222 e. The Labute approximate surface area is 169 Å². The molecule has 4 rings (SSSR count). The second-order valence-corrected chi connectivity index (χ2v) is 7.57. The predicted octanol–water partition coefficient (Wildman–Crippen LogP) is 4.09. The van der Waals surface area contributed by atoms with Gasteiger partial charge in [-0.3, -0.25) is 4.79 Å². The summed E-state index contributed by atoms with van der Waals surface area (Å²) in [6.45, 7) is 2.30. The highest BCUT2D eigenvalue weighted by molar-refractivity contribution is 6.30. The molecule has 146 valence electrons. The molecule has 3 aromatic rings. The van der Waals surface area contributed by atoms with Crippen LogP contribution in [0.5, 0.6) is 5.75 Å². The van der Waals surface area contributed by atoms with E-state index in [1.54, 1.807) is 7.11 Å². The van der Waals surface area contributed by atoms with Crippen LogP contribution in [0.15, 0.2) is 54.7 Å². The number of ether oxygens (including phenoxy) is 1. The van der Waals surface area contributed by atoms with Gasteiger partial charge in [0.05, 0.1) is 12.8 Å². The Balaban J connectivity index is 1.33. The van der Waals surface area contributed by atoms with E-state index in [9.17, 15) is 4.79 Å². The molecule has 28 heavy (non-hydrogen) atoms. The van der Waals surface area contributed by atoms with Crippen LogP contribution in [0.25, 0.3) is 10.9 Å². The van der Waals surface area contributed by atoms with E-state index >= 15 is 0 Å². The number of methoxy groups -OCH3 is 1. The summed E-state index contributed by atoms with van der Waals surface area (Å²) in [5.41, 5.74) is 2.14. The number of anilines is 1. The standard InChI is InChI=1S/C22H24ClN3O2/c1-28-21-7-6-17(23)14-20(21)26-12-9-18(15-26)24-22(27)10-13-25-11-8-16-4-2-3-5-19(16)25/h2-8,11,14,18H,9-10,12-13,15H2,1H3,(H,24,27). The first kappa shape index (κ1) is 18.7. The summed E-state index contributed by atoms with van der Waals surface area (Å²) < 4.78 is 7.59. The van der Waals surface area contributed by atoms with Crippen molar-refractivity contribution >= 4 is 34.1 Å². The van der Waals surface area contributed by atoms with Crippen LogP contribution < -0.4 is 15.0 Å². The Kier molecular flexibility index (Phi) is 5.44. The van der Waals surface area contributed by atoms with E-state index in [4.69, 9.17) is 16.3 Å². The number of nitrogens with zero attached hydrogens (tertiary/aromatic N) is 2. The molecule has 1 aliphatic heterocycles. The van der Waals surface area contributed by atoms with Crippen LogP contribution in [0.1, 0.15) is 12.8 Å². The van der Waals surface area contributed by atoms with Gasteiger partial charge in [-0.15, -0.1) is 0 Å². The van der Waals surface area contributed by atoms with Gasteiger partial charge in [-0.2, -0.15) is 0 Å². The van der Waals surface area contributed by atoms with Gasteiger partial charge >= 0.3 is 0 Å². The number of nitrogens with one attached hydrogen (secondary N) is 1. The van der Waals surface area contributed by atoms with E-state index in [0.717, 1.165) is 36.5 Å². The first-order valence-electron chi connectivity index (χ1n) is 9.56. The van der Waals surface area contributed by atoms with Crippen molar-refractivity contribution < 1.29 is 9.53 Å². The van der Waals surface area contributed by atoms with E-state index in [2.05, 4.69) is 33.0 Å². The number of hydrogen-bond donors (Lipinski definition) is 1. The van der Waals surface area contributed by atoms with Gasteiger partial charge in [-0.05, 0) is 42.1 Å². The molecule has 6 heteroatoms. The zero-order valence-electron chi connectivity index (χ0n) is 15.9. The summed E-state index contributed by atoms with van der Waals surface area (Å²) in [6.07, 6.45) is 3.42. The lowest BCUT2D eigenvalue weighted by atomic mass is 10.2. The fraction of sp³-hybridized carbons (Fsp3) is 0.318. The number of fused-ring (bicyclic) bond motifs is 1. The molecule has 1 atom stereocenters. The van der Waals surface area contributed by atoms with Gasteiger partial charge < -0.3 is 19.5 Å². The van der Waals surface area contributed by atoms with Gasteiger partial charge in [0, 0.05) is 48.8 Å². The van der Waals surface area contributed by atoms with E-state index in [1.807, 2.05) is 36.5 Å². The number of halogens is 1. The third-order valence-corrected chi connectivity index (χ3v) is 5.53. The van der Waals surface area contributed by atoms with Gasteiger partial charge in [-0.25, -0.2) is 0 Å². The first-order chi connectivity index (χ1) is 13.6. The zero-order valence-corrected chi connectivity index (χ0v) is 16.7. The molecule has 2 heterocycles.